The molecule has 2 unspecified atom stereocenters. The molecule has 138 valence electrons. The molecule has 3 N–H and O–H groups in total. The summed E-state index contributed by atoms with van der Waals surface area (Å²) in [4.78, 5) is 14.9. The van der Waals surface area contributed by atoms with Gasteiger partial charge < -0.3 is 11.1 Å². The number of hydrogen-bond acceptors (Lipinski definition) is 3. The summed E-state index contributed by atoms with van der Waals surface area (Å²) in [5, 5.41) is 3.14. The zero-order valence-corrected chi connectivity index (χ0v) is 15.5. The van der Waals surface area contributed by atoms with Crippen molar-refractivity contribution in [1.82, 2.24) is 10.2 Å². The lowest BCUT2D eigenvalue weighted by atomic mass is 9.99. The summed E-state index contributed by atoms with van der Waals surface area (Å²) in [6.07, 6.45) is 1.69. The molecule has 3 atom stereocenters. The molecule has 1 amide bonds. The Bertz CT molecular complexity index is 689. The minimum Gasteiger partial charge on any atom is -0.352 e. The Morgan fingerprint density at radius 1 is 1.12 bits per heavy atom. The van der Waals surface area contributed by atoms with E-state index >= 15 is 0 Å². The average molecular weight is 351 g/mol. The number of nitrogens with one attached hydrogen (secondary N) is 1. The molecule has 0 bridgehead atoms. The van der Waals surface area contributed by atoms with Gasteiger partial charge in [-0.05, 0) is 43.4 Å². The van der Waals surface area contributed by atoms with E-state index in [9.17, 15) is 4.79 Å². The van der Waals surface area contributed by atoms with E-state index in [1.54, 1.807) is 0 Å². The van der Waals surface area contributed by atoms with E-state index in [1.165, 1.54) is 5.56 Å². The lowest BCUT2D eigenvalue weighted by Gasteiger charge is -2.23. The Morgan fingerprint density at radius 2 is 1.73 bits per heavy atom. The highest BCUT2D eigenvalue weighted by Crippen LogP contribution is 2.21. The van der Waals surface area contributed by atoms with Gasteiger partial charge in [-0.2, -0.15) is 0 Å². The molecule has 0 aromatic heterocycles. The average Bonchev–Trinajstić information content (AvgIpc) is 3.12. The van der Waals surface area contributed by atoms with Gasteiger partial charge in [-0.3, -0.25) is 9.69 Å². The summed E-state index contributed by atoms with van der Waals surface area (Å²) in [6, 6.07) is 20.1. The van der Waals surface area contributed by atoms with Crippen molar-refractivity contribution in [2.24, 2.45) is 11.7 Å². The second-order valence-electron chi connectivity index (χ2n) is 7.36. The molecule has 0 saturated carbocycles. The van der Waals surface area contributed by atoms with Crippen molar-refractivity contribution < 1.29 is 4.79 Å². The van der Waals surface area contributed by atoms with Crippen LogP contribution in [0.2, 0.25) is 0 Å². The highest BCUT2D eigenvalue weighted by Gasteiger charge is 2.28. The van der Waals surface area contributed by atoms with Gasteiger partial charge in [-0.15, -0.1) is 0 Å². The third kappa shape index (κ3) is 5.16. The topological polar surface area (TPSA) is 58.4 Å². The van der Waals surface area contributed by atoms with Crippen molar-refractivity contribution in [3.05, 3.63) is 71.8 Å². The van der Waals surface area contributed by atoms with E-state index in [0.717, 1.165) is 31.6 Å². The Hall–Kier alpha value is -2.17. The summed E-state index contributed by atoms with van der Waals surface area (Å²) in [6.45, 7) is 5.18. The molecule has 0 aliphatic carbocycles. The number of nitrogens with zero attached hydrogens (tertiary/aromatic N) is 1. The van der Waals surface area contributed by atoms with Crippen LogP contribution in [0.15, 0.2) is 60.7 Å². The molecule has 2 aromatic rings. The predicted octanol–water partition coefficient (Wildman–Crippen LogP) is 2.58. The SMILES string of the molecule is CC(NC(=O)[C@@H](N)Cc1ccccc1)C1CCN(Cc2ccccc2)C1. The molecule has 1 aliphatic heterocycles. The van der Waals surface area contributed by atoms with Crippen LogP contribution in [0.25, 0.3) is 0 Å². The number of nitrogens with two attached hydrogens (primary N) is 1. The van der Waals surface area contributed by atoms with Gasteiger partial charge in [0.1, 0.15) is 0 Å². The van der Waals surface area contributed by atoms with Gasteiger partial charge in [0.15, 0.2) is 0 Å². The fourth-order valence-electron chi connectivity index (χ4n) is 3.67. The first-order valence-corrected chi connectivity index (χ1v) is 9.48. The second kappa shape index (κ2) is 8.97. The van der Waals surface area contributed by atoms with Gasteiger partial charge in [-0.1, -0.05) is 60.7 Å². The number of hydrogen-bond donors (Lipinski definition) is 2. The van der Waals surface area contributed by atoms with E-state index in [2.05, 4.69) is 41.4 Å². The van der Waals surface area contributed by atoms with Crippen LogP contribution in [0.4, 0.5) is 0 Å². The van der Waals surface area contributed by atoms with Crippen LogP contribution in [-0.2, 0) is 17.8 Å². The fraction of sp³-hybridized carbons (Fsp3) is 0.409. The summed E-state index contributed by atoms with van der Waals surface area (Å²) >= 11 is 0. The van der Waals surface area contributed by atoms with Crippen molar-refractivity contribution >= 4 is 5.91 Å². The van der Waals surface area contributed by atoms with Crippen molar-refractivity contribution in [1.29, 1.82) is 0 Å². The number of amides is 1. The largest absolute Gasteiger partial charge is 0.352 e. The van der Waals surface area contributed by atoms with Gasteiger partial charge in [0.05, 0.1) is 6.04 Å². The van der Waals surface area contributed by atoms with E-state index in [-0.39, 0.29) is 11.9 Å². The second-order valence-corrected chi connectivity index (χ2v) is 7.36. The summed E-state index contributed by atoms with van der Waals surface area (Å²) in [7, 11) is 0. The zero-order chi connectivity index (χ0) is 18.4. The van der Waals surface area contributed by atoms with Crippen LogP contribution in [0.1, 0.15) is 24.5 Å². The standard InChI is InChI=1S/C22H29N3O/c1-17(24-22(26)21(23)14-18-8-4-2-5-9-18)20-12-13-25(16-20)15-19-10-6-3-7-11-19/h2-11,17,20-21H,12-16,23H2,1H3,(H,24,26)/t17?,20?,21-/m0/s1. The third-order valence-electron chi connectivity index (χ3n) is 5.27. The highest BCUT2D eigenvalue weighted by molar-refractivity contribution is 5.82. The van der Waals surface area contributed by atoms with E-state index in [1.807, 2.05) is 36.4 Å². The van der Waals surface area contributed by atoms with Gasteiger partial charge >= 0.3 is 0 Å². The highest BCUT2D eigenvalue weighted by atomic mass is 16.2. The molecule has 26 heavy (non-hydrogen) atoms. The number of benzene rings is 2. The van der Waals surface area contributed by atoms with Crippen LogP contribution < -0.4 is 11.1 Å². The molecule has 4 heteroatoms. The quantitative estimate of drug-likeness (QED) is 0.806. The van der Waals surface area contributed by atoms with Crippen LogP contribution in [0, 0.1) is 5.92 Å². The maximum atomic E-state index is 12.4. The monoisotopic (exact) mass is 351 g/mol. The van der Waals surface area contributed by atoms with Crippen LogP contribution in [-0.4, -0.2) is 36.0 Å². The smallest absolute Gasteiger partial charge is 0.237 e. The molecule has 2 aromatic carbocycles. The van der Waals surface area contributed by atoms with Crippen LogP contribution in [0.3, 0.4) is 0 Å². The molecule has 1 saturated heterocycles. The van der Waals surface area contributed by atoms with E-state index in [4.69, 9.17) is 5.73 Å². The number of likely N-dealkylation sites (tertiary alicyclic amines) is 1. The normalized spacial score (nSPS) is 19.8. The minimum absolute atomic E-state index is 0.0529. The van der Waals surface area contributed by atoms with E-state index < -0.39 is 6.04 Å². The number of rotatable bonds is 7. The van der Waals surface area contributed by atoms with Gasteiger partial charge in [-0.25, -0.2) is 0 Å². The number of carbonyl (C=O) groups excluding carboxylic acids is 1. The first-order chi connectivity index (χ1) is 12.6. The minimum atomic E-state index is -0.498. The van der Waals surface area contributed by atoms with Crippen molar-refractivity contribution in [2.45, 2.75) is 38.4 Å². The third-order valence-corrected chi connectivity index (χ3v) is 5.27. The van der Waals surface area contributed by atoms with Gasteiger partial charge in [0.2, 0.25) is 5.91 Å². The van der Waals surface area contributed by atoms with E-state index in [0.29, 0.717) is 12.3 Å². The molecule has 3 rings (SSSR count). The van der Waals surface area contributed by atoms with Gasteiger partial charge in [0.25, 0.3) is 0 Å². The zero-order valence-electron chi connectivity index (χ0n) is 15.5. The first-order valence-electron chi connectivity index (χ1n) is 9.48. The Morgan fingerprint density at radius 3 is 2.38 bits per heavy atom. The predicted molar refractivity (Wildman–Crippen MR) is 106 cm³/mol. The van der Waals surface area contributed by atoms with Crippen LogP contribution in [0.5, 0.6) is 0 Å². The molecular weight excluding hydrogens is 322 g/mol. The molecule has 1 heterocycles. The Kier molecular flexibility index (Phi) is 6.42. The maximum Gasteiger partial charge on any atom is 0.237 e. The van der Waals surface area contributed by atoms with Crippen molar-refractivity contribution in [3.8, 4) is 0 Å². The first kappa shape index (κ1) is 18.6. The summed E-state index contributed by atoms with van der Waals surface area (Å²) < 4.78 is 0. The molecular formula is C22H29N3O. The lowest BCUT2D eigenvalue weighted by Crippen LogP contribution is -2.48. The van der Waals surface area contributed by atoms with Crippen molar-refractivity contribution in [2.75, 3.05) is 13.1 Å². The van der Waals surface area contributed by atoms with Gasteiger partial charge in [0, 0.05) is 19.1 Å². The molecule has 4 nitrogen and oxygen atoms in total. The van der Waals surface area contributed by atoms with Crippen molar-refractivity contribution in [3.63, 3.8) is 0 Å². The Labute approximate surface area is 156 Å². The summed E-state index contributed by atoms with van der Waals surface area (Å²) in [5.41, 5.74) is 8.54. The molecule has 1 fully saturated rings. The Balaban J connectivity index is 1.45. The molecule has 1 aliphatic rings. The maximum absolute atomic E-state index is 12.4. The molecule has 0 radical (unpaired) electrons. The molecule has 0 spiro atoms. The van der Waals surface area contributed by atoms with Crippen LogP contribution >= 0.6 is 0 Å². The lowest BCUT2D eigenvalue weighted by molar-refractivity contribution is -0.123. The number of carbonyl (C=O) groups is 1. The fourth-order valence-corrected chi connectivity index (χ4v) is 3.67. The summed E-state index contributed by atoms with van der Waals surface area (Å²) in [5.74, 6) is 0.425.